The predicted molar refractivity (Wildman–Crippen MR) is 93.8 cm³/mol. The molecular formula is C19H20N2O4. The Hall–Kier alpha value is -3.02. The maximum Gasteiger partial charge on any atom is 0.257 e. The number of phenols is 1. The molecule has 0 unspecified atom stereocenters. The molecule has 3 rings (SSSR count). The molecule has 0 fully saturated rings. The number of phenolic OH excluding ortho intramolecular Hbond substituents is 1. The highest BCUT2D eigenvalue weighted by atomic mass is 16.5. The van der Waals surface area contributed by atoms with Crippen molar-refractivity contribution in [2.24, 2.45) is 0 Å². The van der Waals surface area contributed by atoms with Gasteiger partial charge in [0.2, 0.25) is 5.91 Å². The van der Waals surface area contributed by atoms with Crippen molar-refractivity contribution >= 4 is 17.5 Å². The number of anilines is 1. The van der Waals surface area contributed by atoms with Gasteiger partial charge in [-0.05, 0) is 47.9 Å². The number of fused-ring (bicyclic) bond motifs is 1. The molecule has 2 amide bonds. The highest BCUT2D eigenvalue weighted by Crippen LogP contribution is 2.28. The van der Waals surface area contributed by atoms with Crippen LogP contribution in [0.2, 0.25) is 0 Å². The van der Waals surface area contributed by atoms with Gasteiger partial charge in [-0.1, -0.05) is 6.07 Å². The summed E-state index contributed by atoms with van der Waals surface area (Å²) in [4.78, 5) is 25.7. The average Bonchev–Trinajstić information content (AvgIpc) is 2.61. The number of rotatable bonds is 3. The van der Waals surface area contributed by atoms with Crippen LogP contribution < -0.4 is 10.1 Å². The van der Waals surface area contributed by atoms with E-state index in [4.69, 9.17) is 4.74 Å². The van der Waals surface area contributed by atoms with Crippen molar-refractivity contribution in [3.05, 3.63) is 53.1 Å². The van der Waals surface area contributed by atoms with Gasteiger partial charge in [-0.3, -0.25) is 9.59 Å². The van der Waals surface area contributed by atoms with Crippen LogP contribution in [0.1, 0.15) is 28.4 Å². The van der Waals surface area contributed by atoms with Gasteiger partial charge in [-0.25, -0.2) is 0 Å². The quantitative estimate of drug-likeness (QED) is 0.842. The van der Waals surface area contributed by atoms with Gasteiger partial charge in [0.15, 0.2) is 0 Å². The van der Waals surface area contributed by atoms with Crippen LogP contribution >= 0.6 is 0 Å². The lowest BCUT2D eigenvalue weighted by atomic mass is 9.98. The van der Waals surface area contributed by atoms with E-state index in [-0.39, 0.29) is 23.1 Å². The van der Waals surface area contributed by atoms with E-state index in [9.17, 15) is 14.7 Å². The van der Waals surface area contributed by atoms with Gasteiger partial charge >= 0.3 is 0 Å². The zero-order valence-corrected chi connectivity index (χ0v) is 14.2. The molecule has 2 N–H and O–H groups in total. The van der Waals surface area contributed by atoms with Crippen LogP contribution in [0, 0.1) is 0 Å². The average molecular weight is 340 g/mol. The first kappa shape index (κ1) is 16.8. The number of ether oxygens (including phenoxy) is 1. The second-order valence-electron chi connectivity index (χ2n) is 6.02. The number of amides is 2. The molecule has 0 radical (unpaired) electrons. The first-order chi connectivity index (χ1) is 12.0. The number of hydrogen-bond donors (Lipinski definition) is 2. The maximum atomic E-state index is 12.8. The number of carbonyl (C=O) groups excluding carboxylic acids is 2. The van der Waals surface area contributed by atoms with Gasteiger partial charge in [-0.15, -0.1) is 0 Å². The summed E-state index contributed by atoms with van der Waals surface area (Å²) in [7, 11) is 1.61. The van der Waals surface area contributed by atoms with Gasteiger partial charge < -0.3 is 20.1 Å². The van der Waals surface area contributed by atoms with Crippen molar-refractivity contribution in [2.45, 2.75) is 19.9 Å². The SMILES string of the molecule is COc1ccc2c(c1)CN(C(=O)c1cc(NC(C)=O)ccc1O)CC2. The standard InChI is InChI=1S/C19H20N2O4/c1-12(22)20-15-4-6-18(23)17(10-15)19(24)21-8-7-13-3-5-16(25-2)9-14(13)11-21/h3-6,9-10,23H,7-8,11H2,1-2H3,(H,20,22). The number of benzene rings is 2. The predicted octanol–water partition coefficient (Wildman–Crippen LogP) is 2.56. The first-order valence-corrected chi connectivity index (χ1v) is 8.03. The second-order valence-corrected chi connectivity index (χ2v) is 6.02. The van der Waals surface area contributed by atoms with Crippen LogP contribution in [-0.4, -0.2) is 35.5 Å². The number of hydrogen-bond acceptors (Lipinski definition) is 4. The zero-order valence-electron chi connectivity index (χ0n) is 14.2. The minimum Gasteiger partial charge on any atom is -0.507 e. The molecule has 0 spiro atoms. The molecule has 0 aromatic heterocycles. The van der Waals surface area contributed by atoms with Crippen LogP contribution in [0.3, 0.4) is 0 Å². The Morgan fingerprint density at radius 3 is 2.68 bits per heavy atom. The van der Waals surface area contributed by atoms with Gasteiger partial charge in [-0.2, -0.15) is 0 Å². The third-order valence-electron chi connectivity index (χ3n) is 4.26. The summed E-state index contributed by atoms with van der Waals surface area (Å²) in [6, 6.07) is 10.3. The molecule has 1 heterocycles. The van der Waals surface area contributed by atoms with E-state index < -0.39 is 0 Å². The molecule has 25 heavy (non-hydrogen) atoms. The highest BCUT2D eigenvalue weighted by molar-refractivity contribution is 5.99. The molecule has 2 aromatic rings. The van der Waals surface area contributed by atoms with Crippen LogP contribution in [0.15, 0.2) is 36.4 Å². The van der Waals surface area contributed by atoms with Crippen molar-refractivity contribution in [3.8, 4) is 11.5 Å². The number of methoxy groups -OCH3 is 1. The molecular weight excluding hydrogens is 320 g/mol. The van der Waals surface area contributed by atoms with E-state index in [1.165, 1.54) is 24.6 Å². The smallest absolute Gasteiger partial charge is 0.257 e. The first-order valence-electron chi connectivity index (χ1n) is 8.03. The van der Waals surface area contributed by atoms with Crippen molar-refractivity contribution < 1.29 is 19.4 Å². The molecule has 130 valence electrons. The minimum absolute atomic E-state index is 0.101. The maximum absolute atomic E-state index is 12.8. The Balaban J connectivity index is 1.85. The topological polar surface area (TPSA) is 78.9 Å². The molecule has 1 aliphatic heterocycles. The van der Waals surface area contributed by atoms with Crippen LogP contribution in [0.4, 0.5) is 5.69 Å². The number of carbonyl (C=O) groups is 2. The Labute approximate surface area is 146 Å². The third kappa shape index (κ3) is 3.57. The van der Waals surface area contributed by atoms with Crippen molar-refractivity contribution in [2.75, 3.05) is 19.0 Å². The normalized spacial score (nSPS) is 13.1. The van der Waals surface area contributed by atoms with Gasteiger partial charge in [0.05, 0.1) is 12.7 Å². The van der Waals surface area contributed by atoms with E-state index in [0.717, 1.165) is 17.7 Å². The number of nitrogens with one attached hydrogen (secondary N) is 1. The summed E-state index contributed by atoms with van der Waals surface area (Å²) in [6.45, 7) is 2.42. The van der Waals surface area contributed by atoms with Crippen LogP contribution in [0.5, 0.6) is 11.5 Å². The zero-order chi connectivity index (χ0) is 18.0. The summed E-state index contributed by atoms with van der Waals surface area (Å²) >= 11 is 0. The fraction of sp³-hybridized carbons (Fsp3) is 0.263. The van der Waals surface area contributed by atoms with Crippen molar-refractivity contribution in [1.29, 1.82) is 0 Å². The van der Waals surface area contributed by atoms with E-state index in [0.29, 0.717) is 18.8 Å². The van der Waals surface area contributed by atoms with Gasteiger partial charge in [0.25, 0.3) is 5.91 Å². The number of aromatic hydroxyl groups is 1. The molecule has 0 saturated heterocycles. The fourth-order valence-corrected chi connectivity index (χ4v) is 2.99. The summed E-state index contributed by atoms with van der Waals surface area (Å²) in [5.74, 6) is 0.153. The Morgan fingerprint density at radius 2 is 1.96 bits per heavy atom. The molecule has 1 aliphatic rings. The molecule has 0 atom stereocenters. The second kappa shape index (κ2) is 6.84. The van der Waals surface area contributed by atoms with E-state index >= 15 is 0 Å². The van der Waals surface area contributed by atoms with Gasteiger partial charge in [0, 0.05) is 25.7 Å². The summed E-state index contributed by atoms with van der Waals surface area (Å²) < 4.78 is 5.25. The largest absolute Gasteiger partial charge is 0.507 e. The molecule has 0 bridgehead atoms. The van der Waals surface area contributed by atoms with Gasteiger partial charge in [0.1, 0.15) is 11.5 Å². The summed E-state index contributed by atoms with van der Waals surface area (Å²) in [6.07, 6.45) is 0.747. The minimum atomic E-state index is -0.266. The summed E-state index contributed by atoms with van der Waals surface area (Å²) in [5.41, 5.74) is 2.89. The number of nitrogens with zero attached hydrogens (tertiary/aromatic N) is 1. The van der Waals surface area contributed by atoms with E-state index in [2.05, 4.69) is 5.32 Å². The van der Waals surface area contributed by atoms with Crippen molar-refractivity contribution in [1.82, 2.24) is 4.90 Å². The molecule has 6 nitrogen and oxygen atoms in total. The third-order valence-corrected chi connectivity index (χ3v) is 4.26. The Morgan fingerprint density at radius 1 is 1.16 bits per heavy atom. The highest BCUT2D eigenvalue weighted by Gasteiger charge is 2.24. The van der Waals surface area contributed by atoms with E-state index in [1.807, 2.05) is 18.2 Å². The molecule has 0 aliphatic carbocycles. The summed E-state index contributed by atoms with van der Waals surface area (Å²) in [5, 5.41) is 12.7. The molecule has 2 aromatic carbocycles. The lowest BCUT2D eigenvalue weighted by molar-refractivity contribution is -0.114. The van der Waals surface area contributed by atoms with E-state index in [1.54, 1.807) is 18.1 Å². The lowest BCUT2D eigenvalue weighted by Crippen LogP contribution is -2.36. The van der Waals surface area contributed by atoms with Crippen molar-refractivity contribution in [3.63, 3.8) is 0 Å². The van der Waals surface area contributed by atoms with Crippen LogP contribution in [-0.2, 0) is 17.8 Å². The molecule has 6 heteroatoms. The lowest BCUT2D eigenvalue weighted by Gasteiger charge is -2.29. The Bertz CT molecular complexity index is 832. The van der Waals surface area contributed by atoms with Crippen LogP contribution in [0.25, 0.3) is 0 Å². The Kier molecular flexibility index (Phi) is 4.61. The fourth-order valence-electron chi connectivity index (χ4n) is 2.99. The molecule has 0 saturated carbocycles. The monoisotopic (exact) mass is 340 g/mol.